The normalized spacial score (nSPS) is 17.8. The van der Waals surface area contributed by atoms with Gasteiger partial charge in [-0.3, -0.25) is 28.7 Å². The Bertz CT molecular complexity index is 2620. The molecule has 0 unspecified atom stereocenters. The van der Waals surface area contributed by atoms with Gasteiger partial charge in [-0.25, -0.2) is 4.98 Å². The number of hydrogen-bond donors (Lipinski definition) is 4. The number of benzene rings is 2. The number of rotatable bonds is 17. The van der Waals surface area contributed by atoms with Crippen LogP contribution in [0.4, 0.5) is 0 Å². The monoisotopic (exact) mass is 971 g/mol. The molecule has 1 saturated heterocycles. The molecule has 7 rings (SSSR count). The summed E-state index contributed by atoms with van der Waals surface area (Å²) in [4.78, 5) is 67.3. The van der Waals surface area contributed by atoms with Crippen LogP contribution in [-0.4, -0.2) is 117 Å². The number of thiophene rings is 1. The second-order valence-corrected chi connectivity index (χ2v) is 20.5. The number of carbonyl (C=O) groups is 4. The number of aryl methyl sites for hydroxylation is 3. The molecule has 2 aliphatic rings. The van der Waals surface area contributed by atoms with Gasteiger partial charge in [0.2, 0.25) is 23.6 Å². The van der Waals surface area contributed by atoms with Crippen LogP contribution in [-0.2, 0) is 28.7 Å². The van der Waals surface area contributed by atoms with Crippen molar-refractivity contribution in [3.8, 4) is 15.4 Å². The summed E-state index contributed by atoms with van der Waals surface area (Å²) in [6.07, 6.45) is -0.786. The minimum absolute atomic E-state index is 0.0357. The van der Waals surface area contributed by atoms with Gasteiger partial charge >= 0.3 is 0 Å². The van der Waals surface area contributed by atoms with E-state index in [1.807, 2.05) is 100 Å². The molecule has 2 aromatic carbocycles. The fraction of sp³-hybridized carbons (Fsp3) is 0.458. The third-order valence-electron chi connectivity index (χ3n) is 12.0. The lowest BCUT2D eigenvalue weighted by Gasteiger charge is -2.35. The number of ether oxygens (including phenoxy) is 2. The molecule has 0 bridgehead atoms. The molecule has 4 amide bonds. The van der Waals surface area contributed by atoms with E-state index < -0.39 is 41.5 Å². The van der Waals surface area contributed by atoms with Crippen LogP contribution in [0.15, 0.2) is 59.0 Å². The molecular weight excluding hydrogens is 914 g/mol. The molecule has 0 aliphatic carbocycles. The minimum Gasteiger partial charge on any atom is -0.391 e. The van der Waals surface area contributed by atoms with E-state index in [0.717, 1.165) is 54.0 Å². The Hall–Kier alpha value is -5.37. The lowest BCUT2D eigenvalue weighted by Crippen LogP contribution is -2.58. The summed E-state index contributed by atoms with van der Waals surface area (Å²) in [5.41, 5.74) is 7.70. The zero-order valence-electron chi connectivity index (χ0n) is 39.0. The van der Waals surface area contributed by atoms with E-state index in [4.69, 9.17) is 26.1 Å². The molecule has 5 aromatic rings. The van der Waals surface area contributed by atoms with E-state index in [1.165, 1.54) is 4.90 Å². The summed E-state index contributed by atoms with van der Waals surface area (Å²) in [6, 6.07) is 12.5. The number of nitrogens with one attached hydrogen (secondary N) is 3. The first-order chi connectivity index (χ1) is 31.9. The zero-order valence-corrected chi connectivity index (χ0v) is 41.4. The van der Waals surface area contributed by atoms with Crippen molar-refractivity contribution in [1.82, 2.24) is 40.6 Å². The molecule has 0 spiro atoms. The Balaban J connectivity index is 0.860. The Labute approximate surface area is 403 Å². The largest absolute Gasteiger partial charge is 0.391 e. The van der Waals surface area contributed by atoms with Crippen LogP contribution in [0.1, 0.15) is 97.1 Å². The average Bonchev–Trinajstić information content (AvgIpc) is 4.05. The van der Waals surface area contributed by atoms with Gasteiger partial charge in [0.05, 0.1) is 60.2 Å². The average molecular weight is 973 g/mol. The number of likely N-dealkylation sites (tertiary alicyclic amines) is 1. The molecule has 16 nitrogen and oxygen atoms in total. The summed E-state index contributed by atoms with van der Waals surface area (Å²) in [5, 5.41) is 29.8. The number of nitrogens with zero attached hydrogens (tertiary/aromatic N) is 6. The summed E-state index contributed by atoms with van der Waals surface area (Å²) in [7, 11) is 0. The SMILES string of the molecule is Cc1ncsc1-c1ccc([C@H](C)NC(=O)[C@H]2C[C@H](O)CN2C(=O)[C@@H](NC(=O)COCCOCCNC(=O)C[C@@H]2N=C(c3ccc(Cl)cc3)c3c(sc(C)c3C)-n3c(C)nnc32)C(C)(C)C)cc1. The highest BCUT2D eigenvalue weighted by molar-refractivity contribution is 7.15. The number of aliphatic imine (C=N–C) groups is 1. The van der Waals surface area contributed by atoms with Gasteiger partial charge in [0.25, 0.3) is 0 Å². The van der Waals surface area contributed by atoms with Gasteiger partial charge in [-0.15, -0.1) is 32.9 Å². The summed E-state index contributed by atoms with van der Waals surface area (Å²) < 4.78 is 13.3. The quantitative estimate of drug-likeness (QED) is 0.0785. The first kappa shape index (κ1) is 49.5. The van der Waals surface area contributed by atoms with Crippen LogP contribution in [0.2, 0.25) is 5.02 Å². The van der Waals surface area contributed by atoms with Gasteiger partial charge < -0.3 is 35.4 Å². The number of thiazole rings is 1. The van der Waals surface area contributed by atoms with Gasteiger partial charge in [0, 0.05) is 40.5 Å². The number of aromatic nitrogens is 4. The summed E-state index contributed by atoms with van der Waals surface area (Å²) in [6.45, 7) is 15.6. The highest BCUT2D eigenvalue weighted by atomic mass is 35.5. The molecule has 67 heavy (non-hydrogen) atoms. The smallest absolute Gasteiger partial charge is 0.246 e. The first-order valence-corrected chi connectivity index (χ1v) is 24.4. The van der Waals surface area contributed by atoms with Crippen LogP contribution in [0, 0.1) is 33.1 Å². The van der Waals surface area contributed by atoms with E-state index in [9.17, 15) is 24.3 Å². The molecular formula is C48H58ClN9O7S2. The fourth-order valence-corrected chi connectivity index (χ4v) is 10.4. The molecule has 19 heteroatoms. The highest BCUT2D eigenvalue weighted by Crippen LogP contribution is 2.40. The molecule has 0 radical (unpaired) electrons. The summed E-state index contributed by atoms with van der Waals surface area (Å²) in [5.74, 6) is -0.311. The first-order valence-electron chi connectivity index (χ1n) is 22.3. The minimum atomic E-state index is -1.00. The second-order valence-electron chi connectivity index (χ2n) is 18.0. The third-order valence-corrected chi connectivity index (χ3v) is 14.4. The number of aliphatic hydroxyl groups is 1. The van der Waals surface area contributed by atoms with Crippen molar-refractivity contribution < 1.29 is 33.8 Å². The molecule has 5 heterocycles. The Morgan fingerprint density at radius 1 is 0.925 bits per heavy atom. The van der Waals surface area contributed by atoms with Crippen LogP contribution in [0.25, 0.3) is 15.4 Å². The highest BCUT2D eigenvalue weighted by Gasteiger charge is 2.45. The van der Waals surface area contributed by atoms with E-state index in [0.29, 0.717) is 16.7 Å². The second kappa shape index (κ2) is 21.3. The molecule has 3 aromatic heterocycles. The third kappa shape index (κ3) is 11.5. The van der Waals surface area contributed by atoms with Gasteiger partial charge in [-0.2, -0.15) is 0 Å². The van der Waals surface area contributed by atoms with E-state index in [-0.39, 0.29) is 70.2 Å². The Kier molecular flexibility index (Phi) is 15.7. The standard InChI is InChI=1S/C48H58ClN9O7S2/c1-26-29(4)67-47-40(26)41(32-13-15-34(49)16-14-32)53-36(44-56-55-30(5)58(44)47)22-38(60)50-17-18-64-19-20-65-24-39(61)54-43(48(6,7)8)46(63)57-23-35(59)21-37(57)45(62)52-27(2)31-9-11-33(12-10-31)42-28(3)51-25-66-42/h9-16,25,27,35-37,43,59H,17-24H2,1-8H3,(H,50,60)(H,52,62)(H,54,61)/t27-,35-,36-,37+,43+/m0/s1. The van der Waals surface area contributed by atoms with Crippen molar-refractivity contribution in [3.63, 3.8) is 0 Å². The zero-order chi connectivity index (χ0) is 48.2. The van der Waals surface area contributed by atoms with Crippen LogP contribution in [0.5, 0.6) is 0 Å². The van der Waals surface area contributed by atoms with E-state index in [2.05, 4.69) is 45.0 Å². The molecule has 356 valence electrons. The van der Waals surface area contributed by atoms with Gasteiger partial charge in [0.15, 0.2) is 5.82 Å². The number of halogens is 1. The van der Waals surface area contributed by atoms with E-state index in [1.54, 1.807) is 22.7 Å². The maximum absolute atomic E-state index is 14.1. The van der Waals surface area contributed by atoms with Crippen molar-refractivity contribution in [2.75, 3.05) is 39.5 Å². The number of carbonyl (C=O) groups excluding carboxylic acids is 4. The van der Waals surface area contributed by atoms with E-state index >= 15 is 0 Å². The molecule has 1 fully saturated rings. The van der Waals surface area contributed by atoms with Crippen molar-refractivity contribution in [2.24, 2.45) is 10.4 Å². The lowest BCUT2D eigenvalue weighted by atomic mass is 9.85. The van der Waals surface area contributed by atoms with Crippen LogP contribution >= 0.6 is 34.3 Å². The predicted octanol–water partition coefficient (Wildman–Crippen LogP) is 6.14. The van der Waals surface area contributed by atoms with Gasteiger partial charge in [-0.05, 0) is 68.9 Å². The summed E-state index contributed by atoms with van der Waals surface area (Å²) >= 11 is 9.44. The number of aliphatic hydroxyl groups excluding tert-OH is 1. The number of amides is 4. The van der Waals surface area contributed by atoms with Crippen molar-refractivity contribution >= 4 is 63.6 Å². The predicted molar refractivity (Wildman–Crippen MR) is 259 cm³/mol. The fourth-order valence-electron chi connectivity index (χ4n) is 8.25. The topological polar surface area (TPSA) is 202 Å². The molecule has 5 atom stereocenters. The number of fused-ring (bicyclic) bond motifs is 3. The number of β-amino-alcohol motifs (C(OH)–C–C–N with tert-alkyl or cyclic N) is 1. The Morgan fingerprint density at radius 3 is 2.31 bits per heavy atom. The molecule has 4 N–H and O–H groups in total. The lowest BCUT2D eigenvalue weighted by molar-refractivity contribution is -0.144. The number of hydrogen-bond acceptors (Lipinski definition) is 13. The molecule has 2 aliphatic heterocycles. The van der Waals surface area contributed by atoms with Gasteiger partial charge in [0.1, 0.15) is 35.6 Å². The Morgan fingerprint density at radius 2 is 1.63 bits per heavy atom. The van der Waals surface area contributed by atoms with Crippen molar-refractivity contribution in [2.45, 2.75) is 98.5 Å². The van der Waals surface area contributed by atoms with Crippen LogP contribution < -0.4 is 16.0 Å². The van der Waals surface area contributed by atoms with Crippen molar-refractivity contribution in [3.05, 3.63) is 104 Å². The maximum Gasteiger partial charge on any atom is 0.246 e. The van der Waals surface area contributed by atoms with Gasteiger partial charge in [-0.1, -0.05) is 68.8 Å². The van der Waals surface area contributed by atoms with Crippen LogP contribution in [0.3, 0.4) is 0 Å². The molecule has 0 saturated carbocycles. The maximum atomic E-state index is 14.1. The van der Waals surface area contributed by atoms with Crippen molar-refractivity contribution in [1.29, 1.82) is 0 Å².